The summed E-state index contributed by atoms with van der Waals surface area (Å²) in [6.07, 6.45) is 0. The lowest BCUT2D eigenvalue weighted by atomic mass is 10.1. The Bertz CT molecular complexity index is 546. The van der Waals surface area contributed by atoms with E-state index >= 15 is 0 Å². The zero-order valence-electron chi connectivity index (χ0n) is 9.67. The molecule has 2 aromatic rings. The van der Waals surface area contributed by atoms with Gasteiger partial charge in [-0.2, -0.15) is 11.3 Å². The van der Waals surface area contributed by atoms with Gasteiger partial charge in [-0.3, -0.25) is 4.79 Å². The van der Waals surface area contributed by atoms with Gasteiger partial charge in [0.1, 0.15) is 0 Å². The molecule has 0 atom stereocenters. The standard InChI is InChI=1S/C13H11NO3S/c1-17-13(16)10-4-2-9(3-5-10)12(15)14-11-6-7-18-8-11/h2-8H,1H3,(H,14,15). The Labute approximate surface area is 108 Å². The van der Waals surface area contributed by atoms with Crippen molar-refractivity contribution in [3.63, 3.8) is 0 Å². The number of nitrogens with one attached hydrogen (secondary N) is 1. The number of carbonyl (C=O) groups excluding carboxylic acids is 2. The Hall–Kier alpha value is -2.14. The van der Waals surface area contributed by atoms with Crippen molar-refractivity contribution in [3.8, 4) is 0 Å². The number of esters is 1. The lowest BCUT2D eigenvalue weighted by Gasteiger charge is -2.03. The zero-order valence-corrected chi connectivity index (χ0v) is 10.5. The summed E-state index contributed by atoms with van der Waals surface area (Å²) in [5.74, 6) is -0.621. The van der Waals surface area contributed by atoms with Crippen molar-refractivity contribution < 1.29 is 14.3 Å². The van der Waals surface area contributed by atoms with E-state index in [2.05, 4.69) is 10.1 Å². The van der Waals surface area contributed by atoms with E-state index in [4.69, 9.17) is 0 Å². The van der Waals surface area contributed by atoms with Gasteiger partial charge in [-0.25, -0.2) is 4.79 Å². The molecule has 0 unspecified atom stereocenters. The molecule has 92 valence electrons. The molecule has 0 radical (unpaired) electrons. The van der Waals surface area contributed by atoms with Crippen LogP contribution in [0.15, 0.2) is 41.1 Å². The average Bonchev–Trinajstić information content (AvgIpc) is 2.91. The lowest BCUT2D eigenvalue weighted by molar-refractivity contribution is 0.0600. The van der Waals surface area contributed by atoms with Crippen LogP contribution in [-0.2, 0) is 4.74 Å². The molecule has 0 aliphatic carbocycles. The van der Waals surface area contributed by atoms with Crippen LogP contribution in [0.25, 0.3) is 0 Å². The molecule has 4 nitrogen and oxygen atoms in total. The van der Waals surface area contributed by atoms with E-state index in [0.29, 0.717) is 11.1 Å². The Kier molecular flexibility index (Phi) is 3.74. The van der Waals surface area contributed by atoms with Crippen LogP contribution in [0.3, 0.4) is 0 Å². The lowest BCUT2D eigenvalue weighted by Crippen LogP contribution is -2.11. The number of anilines is 1. The topological polar surface area (TPSA) is 55.4 Å². The number of rotatable bonds is 3. The summed E-state index contributed by atoms with van der Waals surface area (Å²) in [4.78, 5) is 23.1. The molecule has 0 aliphatic heterocycles. The summed E-state index contributed by atoms with van der Waals surface area (Å²) in [6, 6.07) is 8.13. The molecule has 1 amide bonds. The highest BCUT2D eigenvalue weighted by Crippen LogP contribution is 2.14. The first kappa shape index (κ1) is 12.3. The summed E-state index contributed by atoms with van der Waals surface area (Å²) < 4.78 is 4.58. The molecule has 2 rings (SSSR count). The first-order chi connectivity index (χ1) is 8.70. The van der Waals surface area contributed by atoms with Gasteiger partial charge in [-0.1, -0.05) is 0 Å². The van der Waals surface area contributed by atoms with E-state index in [1.54, 1.807) is 24.3 Å². The molecule has 18 heavy (non-hydrogen) atoms. The molecule has 1 N–H and O–H groups in total. The molecule has 0 aliphatic rings. The summed E-state index contributed by atoms with van der Waals surface area (Å²) in [5.41, 5.74) is 1.68. The number of carbonyl (C=O) groups is 2. The minimum Gasteiger partial charge on any atom is -0.465 e. The van der Waals surface area contributed by atoms with Crippen LogP contribution < -0.4 is 5.32 Å². The van der Waals surface area contributed by atoms with E-state index in [-0.39, 0.29) is 5.91 Å². The zero-order chi connectivity index (χ0) is 13.0. The van der Waals surface area contributed by atoms with Crippen LogP contribution in [0.2, 0.25) is 0 Å². The van der Waals surface area contributed by atoms with Gasteiger partial charge in [0.05, 0.1) is 18.4 Å². The molecule has 0 saturated heterocycles. The molecule has 5 heteroatoms. The first-order valence-electron chi connectivity index (χ1n) is 5.22. The van der Waals surface area contributed by atoms with Gasteiger partial charge in [-0.05, 0) is 35.7 Å². The number of methoxy groups -OCH3 is 1. The minimum atomic E-state index is -0.417. The predicted molar refractivity (Wildman–Crippen MR) is 70.1 cm³/mol. The number of ether oxygens (including phenoxy) is 1. The van der Waals surface area contributed by atoms with Crippen LogP contribution in [0.1, 0.15) is 20.7 Å². The van der Waals surface area contributed by atoms with E-state index in [1.165, 1.54) is 18.4 Å². The number of hydrogen-bond acceptors (Lipinski definition) is 4. The third kappa shape index (κ3) is 2.75. The van der Waals surface area contributed by atoms with Gasteiger partial charge in [0.15, 0.2) is 0 Å². The third-order valence-electron chi connectivity index (χ3n) is 2.35. The number of hydrogen-bond donors (Lipinski definition) is 1. The van der Waals surface area contributed by atoms with E-state index < -0.39 is 5.97 Å². The van der Waals surface area contributed by atoms with Gasteiger partial charge in [0.2, 0.25) is 0 Å². The summed E-state index contributed by atoms with van der Waals surface area (Å²) in [7, 11) is 1.32. The summed E-state index contributed by atoms with van der Waals surface area (Å²) >= 11 is 1.51. The molecule has 1 aromatic heterocycles. The molecular weight excluding hydrogens is 250 g/mol. The molecule has 0 spiro atoms. The maximum Gasteiger partial charge on any atom is 0.337 e. The fourth-order valence-corrected chi connectivity index (χ4v) is 2.00. The molecule has 1 aromatic carbocycles. The van der Waals surface area contributed by atoms with Crippen LogP contribution in [0.4, 0.5) is 5.69 Å². The van der Waals surface area contributed by atoms with Crippen molar-refractivity contribution in [1.29, 1.82) is 0 Å². The van der Waals surface area contributed by atoms with Crippen molar-refractivity contribution in [1.82, 2.24) is 0 Å². The highest BCUT2D eigenvalue weighted by Gasteiger charge is 2.09. The Balaban J connectivity index is 2.09. The molecule has 0 fully saturated rings. The number of amides is 1. The second-order valence-electron chi connectivity index (χ2n) is 3.54. The third-order valence-corrected chi connectivity index (χ3v) is 3.03. The fourth-order valence-electron chi connectivity index (χ4n) is 1.41. The van der Waals surface area contributed by atoms with E-state index in [0.717, 1.165) is 5.69 Å². The largest absolute Gasteiger partial charge is 0.465 e. The van der Waals surface area contributed by atoms with Crippen molar-refractivity contribution in [2.75, 3.05) is 12.4 Å². The van der Waals surface area contributed by atoms with Gasteiger partial charge in [0.25, 0.3) is 5.91 Å². The SMILES string of the molecule is COC(=O)c1ccc(C(=O)Nc2ccsc2)cc1. The monoisotopic (exact) mass is 261 g/mol. The second kappa shape index (κ2) is 5.46. The molecule has 1 heterocycles. The van der Waals surface area contributed by atoms with Crippen molar-refractivity contribution in [2.24, 2.45) is 0 Å². The summed E-state index contributed by atoms with van der Waals surface area (Å²) in [5, 5.41) is 6.49. The predicted octanol–water partition coefficient (Wildman–Crippen LogP) is 2.79. The minimum absolute atomic E-state index is 0.204. The van der Waals surface area contributed by atoms with Crippen LogP contribution in [0, 0.1) is 0 Å². The fraction of sp³-hybridized carbons (Fsp3) is 0.0769. The number of benzene rings is 1. The maximum absolute atomic E-state index is 11.8. The number of thiophene rings is 1. The quantitative estimate of drug-likeness (QED) is 0.864. The van der Waals surface area contributed by atoms with Crippen LogP contribution in [-0.4, -0.2) is 19.0 Å². The van der Waals surface area contributed by atoms with Crippen LogP contribution >= 0.6 is 11.3 Å². The van der Waals surface area contributed by atoms with Gasteiger partial charge >= 0.3 is 5.97 Å². The molecule has 0 saturated carbocycles. The summed E-state index contributed by atoms with van der Waals surface area (Å²) in [6.45, 7) is 0. The van der Waals surface area contributed by atoms with Gasteiger partial charge in [0, 0.05) is 10.9 Å². The Morgan fingerprint density at radius 3 is 2.33 bits per heavy atom. The van der Waals surface area contributed by atoms with Gasteiger partial charge < -0.3 is 10.1 Å². The Morgan fingerprint density at radius 1 is 1.11 bits per heavy atom. The second-order valence-corrected chi connectivity index (χ2v) is 4.32. The van der Waals surface area contributed by atoms with E-state index in [9.17, 15) is 9.59 Å². The van der Waals surface area contributed by atoms with E-state index in [1.807, 2.05) is 16.8 Å². The van der Waals surface area contributed by atoms with Gasteiger partial charge in [-0.15, -0.1) is 0 Å². The Morgan fingerprint density at radius 2 is 1.78 bits per heavy atom. The smallest absolute Gasteiger partial charge is 0.337 e. The van der Waals surface area contributed by atoms with Crippen molar-refractivity contribution >= 4 is 28.9 Å². The molecular formula is C13H11NO3S. The van der Waals surface area contributed by atoms with Crippen molar-refractivity contribution in [3.05, 3.63) is 52.2 Å². The maximum atomic E-state index is 11.8. The normalized spacial score (nSPS) is 9.83. The molecule has 0 bridgehead atoms. The highest BCUT2D eigenvalue weighted by molar-refractivity contribution is 7.08. The first-order valence-corrected chi connectivity index (χ1v) is 6.17. The highest BCUT2D eigenvalue weighted by atomic mass is 32.1. The van der Waals surface area contributed by atoms with Crippen LogP contribution in [0.5, 0.6) is 0 Å². The van der Waals surface area contributed by atoms with Crippen molar-refractivity contribution in [2.45, 2.75) is 0 Å². The average molecular weight is 261 g/mol.